The average molecular weight is 358 g/mol. The Balaban J connectivity index is 1.91. The largest absolute Gasteiger partial charge is 0.479 e. The number of nitro groups is 1. The number of ether oxygens (including phenoxy) is 2. The van der Waals surface area contributed by atoms with Crippen LogP contribution in [0.1, 0.15) is 12.5 Å². The molecule has 8 nitrogen and oxygen atoms in total. The molecule has 1 atom stereocenters. The molecule has 0 saturated heterocycles. The van der Waals surface area contributed by atoms with Crippen LogP contribution in [0.4, 0.5) is 11.4 Å². The molecule has 0 unspecified atom stereocenters. The van der Waals surface area contributed by atoms with Crippen molar-refractivity contribution in [3.8, 4) is 5.75 Å². The molecule has 0 saturated carbocycles. The summed E-state index contributed by atoms with van der Waals surface area (Å²) in [7, 11) is 0. The second-order valence-electron chi connectivity index (χ2n) is 5.46. The monoisotopic (exact) mass is 358 g/mol. The molecule has 0 aromatic heterocycles. The van der Waals surface area contributed by atoms with Crippen LogP contribution in [-0.2, 0) is 14.3 Å². The molecule has 1 N–H and O–H groups in total. The third-order valence-corrected chi connectivity index (χ3v) is 3.45. The summed E-state index contributed by atoms with van der Waals surface area (Å²) in [5, 5.41) is 13.4. The van der Waals surface area contributed by atoms with Crippen LogP contribution in [0.5, 0.6) is 5.75 Å². The van der Waals surface area contributed by atoms with E-state index >= 15 is 0 Å². The molecule has 0 aliphatic rings. The van der Waals surface area contributed by atoms with Gasteiger partial charge in [-0.2, -0.15) is 0 Å². The highest BCUT2D eigenvalue weighted by molar-refractivity contribution is 5.95. The Morgan fingerprint density at radius 1 is 1.15 bits per heavy atom. The van der Waals surface area contributed by atoms with E-state index in [4.69, 9.17) is 9.47 Å². The van der Waals surface area contributed by atoms with Gasteiger partial charge in [0.1, 0.15) is 11.4 Å². The Labute approximate surface area is 149 Å². The van der Waals surface area contributed by atoms with Crippen molar-refractivity contribution in [2.24, 2.45) is 0 Å². The van der Waals surface area contributed by atoms with E-state index in [1.54, 1.807) is 37.3 Å². The molecule has 8 heteroatoms. The number of nitrogens with one attached hydrogen (secondary N) is 1. The van der Waals surface area contributed by atoms with Crippen LogP contribution in [-0.4, -0.2) is 29.5 Å². The van der Waals surface area contributed by atoms with Gasteiger partial charge in [-0.3, -0.25) is 14.9 Å². The van der Waals surface area contributed by atoms with E-state index < -0.39 is 29.5 Å². The molecule has 0 aliphatic carbocycles. The molecule has 136 valence electrons. The number of benzene rings is 2. The third kappa shape index (κ3) is 5.04. The van der Waals surface area contributed by atoms with Crippen LogP contribution in [0, 0.1) is 17.0 Å². The Morgan fingerprint density at radius 3 is 2.50 bits per heavy atom. The fourth-order valence-electron chi connectivity index (χ4n) is 2.15. The number of amides is 1. The Kier molecular flexibility index (Phi) is 6.26. The number of hydrogen-bond acceptors (Lipinski definition) is 6. The van der Waals surface area contributed by atoms with Crippen molar-refractivity contribution >= 4 is 23.3 Å². The molecular formula is C18H18N2O6. The van der Waals surface area contributed by atoms with E-state index in [2.05, 4.69) is 5.32 Å². The van der Waals surface area contributed by atoms with Crippen LogP contribution in [0.25, 0.3) is 0 Å². The minimum absolute atomic E-state index is 0.0760. The van der Waals surface area contributed by atoms with Gasteiger partial charge in [-0.25, -0.2) is 4.79 Å². The van der Waals surface area contributed by atoms with Crippen LogP contribution in [0.15, 0.2) is 48.5 Å². The van der Waals surface area contributed by atoms with Crippen molar-refractivity contribution in [2.45, 2.75) is 20.0 Å². The van der Waals surface area contributed by atoms with Crippen LogP contribution >= 0.6 is 0 Å². The standard InChI is InChI=1S/C18H18N2O6/c1-12-7-6-10-15(20(23)24)17(12)19-16(21)11-25-18(22)13(2)26-14-8-4-3-5-9-14/h3-10,13H,11H2,1-2H3,(H,19,21)/t13-/m1/s1. The molecule has 2 aromatic rings. The molecule has 0 bridgehead atoms. The van der Waals surface area contributed by atoms with Crippen molar-refractivity contribution in [1.82, 2.24) is 0 Å². The minimum Gasteiger partial charge on any atom is -0.479 e. The first kappa shape index (κ1) is 18.9. The molecule has 1 amide bonds. The molecule has 2 rings (SSSR count). The van der Waals surface area contributed by atoms with Crippen molar-refractivity contribution in [3.63, 3.8) is 0 Å². The average Bonchev–Trinajstić information content (AvgIpc) is 2.62. The highest BCUT2D eigenvalue weighted by Crippen LogP contribution is 2.27. The first-order valence-corrected chi connectivity index (χ1v) is 7.80. The van der Waals surface area contributed by atoms with Gasteiger partial charge in [-0.05, 0) is 31.5 Å². The third-order valence-electron chi connectivity index (χ3n) is 3.45. The fourth-order valence-corrected chi connectivity index (χ4v) is 2.15. The van der Waals surface area contributed by atoms with Gasteiger partial charge in [0.05, 0.1) is 4.92 Å². The van der Waals surface area contributed by atoms with Gasteiger partial charge in [-0.15, -0.1) is 0 Å². The quantitative estimate of drug-likeness (QED) is 0.463. The Hall–Kier alpha value is -3.42. The SMILES string of the molecule is Cc1cccc([N+](=O)[O-])c1NC(=O)COC(=O)[C@@H](C)Oc1ccccc1. The van der Waals surface area contributed by atoms with Crippen LogP contribution < -0.4 is 10.1 Å². The van der Waals surface area contributed by atoms with E-state index in [-0.39, 0.29) is 11.4 Å². The van der Waals surface area contributed by atoms with Gasteiger partial charge in [0.2, 0.25) is 0 Å². The van der Waals surface area contributed by atoms with Gasteiger partial charge in [0.15, 0.2) is 12.7 Å². The zero-order valence-corrected chi connectivity index (χ0v) is 14.3. The summed E-state index contributed by atoms with van der Waals surface area (Å²) in [6, 6.07) is 13.1. The summed E-state index contributed by atoms with van der Waals surface area (Å²) in [6.45, 7) is 2.55. The van der Waals surface area contributed by atoms with E-state index in [0.717, 1.165) is 0 Å². The highest BCUT2D eigenvalue weighted by atomic mass is 16.6. The Morgan fingerprint density at radius 2 is 1.85 bits per heavy atom. The molecule has 0 heterocycles. The van der Waals surface area contributed by atoms with E-state index in [1.165, 1.54) is 19.1 Å². The topological polar surface area (TPSA) is 108 Å². The van der Waals surface area contributed by atoms with Crippen molar-refractivity contribution in [3.05, 3.63) is 64.2 Å². The van der Waals surface area contributed by atoms with Crippen molar-refractivity contribution in [2.75, 3.05) is 11.9 Å². The number of anilines is 1. The maximum atomic E-state index is 12.0. The van der Waals surface area contributed by atoms with Gasteiger partial charge >= 0.3 is 5.97 Å². The zero-order chi connectivity index (χ0) is 19.1. The number of esters is 1. The normalized spacial score (nSPS) is 11.3. The molecule has 26 heavy (non-hydrogen) atoms. The van der Waals surface area contributed by atoms with Crippen molar-refractivity contribution in [1.29, 1.82) is 0 Å². The predicted molar refractivity (Wildman–Crippen MR) is 94.0 cm³/mol. The second kappa shape index (κ2) is 8.61. The lowest BCUT2D eigenvalue weighted by molar-refractivity contribution is -0.384. The van der Waals surface area contributed by atoms with E-state index in [9.17, 15) is 19.7 Å². The lowest BCUT2D eigenvalue weighted by Gasteiger charge is -2.14. The number of para-hydroxylation sites is 2. The summed E-state index contributed by atoms with van der Waals surface area (Å²) in [5.41, 5.74) is 0.372. The fraction of sp³-hybridized carbons (Fsp3) is 0.222. The van der Waals surface area contributed by atoms with Crippen LogP contribution in [0.3, 0.4) is 0 Å². The lowest BCUT2D eigenvalue weighted by atomic mass is 10.1. The molecule has 0 radical (unpaired) electrons. The number of aryl methyl sites for hydroxylation is 1. The van der Waals surface area contributed by atoms with Gasteiger partial charge in [0, 0.05) is 6.07 Å². The summed E-state index contributed by atoms with van der Waals surface area (Å²) < 4.78 is 10.3. The maximum absolute atomic E-state index is 12.0. The lowest BCUT2D eigenvalue weighted by Crippen LogP contribution is -2.30. The number of carbonyl (C=O) groups is 2. The number of carbonyl (C=O) groups excluding carboxylic acids is 2. The smallest absolute Gasteiger partial charge is 0.347 e. The summed E-state index contributed by atoms with van der Waals surface area (Å²) in [5.74, 6) is -0.900. The van der Waals surface area contributed by atoms with Crippen LogP contribution in [0.2, 0.25) is 0 Å². The summed E-state index contributed by atoms with van der Waals surface area (Å²) in [6.07, 6.45) is -0.905. The van der Waals surface area contributed by atoms with Gasteiger partial charge < -0.3 is 14.8 Å². The zero-order valence-electron chi connectivity index (χ0n) is 14.3. The molecule has 0 spiro atoms. The molecule has 0 aliphatic heterocycles. The number of rotatable bonds is 7. The minimum atomic E-state index is -0.905. The van der Waals surface area contributed by atoms with E-state index in [1.807, 2.05) is 6.07 Å². The van der Waals surface area contributed by atoms with Gasteiger partial charge in [-0.1, -0.05) is 30.3 Å². The first-order chi connectivity index (χ1) is 12.4. The predicted octanol–water partition coefficient (Wildman–Crippen LogP) is 2.85. The number of nitro benzene ring substituents is 1. The first-order valence-electron chi connectivity index (χ1n) is 7.80. The number of nitrogens with zero attached hydrogens (tertiary/aromatic N) is 1. The van der Waals surface area contributed by atoms with Crippen molar-refractivity contribution < 1.29 is 24.0 Å². The number of hydrogen-bond donors (Lipinski definition) is 1. The highest BCUT2D eigenvalue weighted by Gasteiger charge is 2.20. The Bertz CT molecular complexity index is 807. The summed E-state index contributed by atoms with van der Waals surface area (Å²) >= 11 is 0. The summed E-state index contributed by atoms with van der Waals surface area (Å²) in [4.78, 5) is 34.3. The maximum Gasteiger partial charge on any atom is 0.347 e. The second-order valence-corrected chi connectivity index (χ2v) is 5.46. The molecular weight excluding hydrogens is 340 g/mol. The van der Waals surface area contributed by atoms with E-state index in [0.29, 0.717) is 11.3 Å². The molecule has 2 aromatic carbocycles. The molecule has 0 fully saturated rings. The van der Waals surface area contributed by atoms with Gasteiger partial charge in [0.25, 0.3) is 11.6 Å².